The lowest BCUT2D eigenvalue weighted by Gasteiger charge is -2.09. The predicted molar refractivity (Wildman–Crippen MR) is 108 cm³/mol. The SMILES string of the molecule is Cc1ccc(-c2nc3[nH]c(C#N)cc(=O)c3nc2-c2ccc3ncccc3c2)o1. The van der Waals surface area contributed by atoms with Crippen molar-refractivity contribution < 1.29 is 4.42 Å². The molecule has 138 valence electrons. The van der Waals surface area contributed by atoms with E-state index in [0.29, 0.717) is 17.1 Å². The second-order valence-corrected chi connectivity index (χ2v) is 6.60. The van der Waals surface area contributed by atoms with Gasteiger partial charge in [-0.3, -0.25) is 9.78 Å². The fourth-order valence-corrected chi connectivity index (χ4v) is 3.28. The quantitative estimate of drug-likeness (QED) is 0.497. The van der Waals surface area contributed by atoms with Crippen LogP contribution >= 0.6 is 0 Å². The van der Waals surface area contributed by atoms with Crippen LogP contribution in [0.25, 0.3) is 44.8 Å². The van der Waals surface area contributed by atoms with Gasteiger partial charge in [0, 0.05) is 23.2 Å². The molecule has 0 aliphatic rings. The maximum atomic E-state index is 12.5. The Hall–Kier alpha value is -4.31. The minimum absolute atomic E-state index is 0.128. The molecule has 0 aliphatic carbocycles. The normalized spacial score (nSPS) is 11.0. The van der Waals surface area contributed by atoms with Crippen molar-refractivity contribution in [3.63, 3.8) is 0 Å². The van der Waals surface area contributed by atoms with Gasteiger partial charge in [-0.2, -0.15) is 5.26 Å². The molecule has 4 heterocycles. The van der Waals surface area contributed by atoms with E-state index in [1.54, 1.807) is 6.20 Å². The van der Waals surface area contributed by atoms with Crippen molar-refractivity contribution in [2.45, 2.75) is 6.92 Å². The zero-order valence-corrected chi connectivity index (χ0v) is 15.3. The molecule has 0 aliphatic heterocycles. The number of aromatic amines is 1. The summed E-state index contributed by atoms with van der Waals surface area (Å²) in [6.45, 7) is 1.84. The molecule has 7 nitrogen and oxygen atoms in total. The van der Waals surface area contributed by atoms with Crippen LogP contribution in [0.2, 0.25) is 0 Å². The van der Waals surface area contributed by atoms with E-state index in [1.165, 1.54) is 6.07 Å². The molecule has 0 bridgehead atoms. The van der Waals surface area contributed by atoms with Gasteiger partial charge in [0.05, 0.1) is 5.52 Å². The van der Waals surface area contributed by atoms with E-state index in [9.17, 15) is 4.79 Å². The summed E-state index contributed by atoms with van der Waals surface area (Å²) in [5.74, 6) is 1.26. The molecule has 4 aromatic heterocycles. The van der Waals surface area contributed by atoms with Crippen LogP contribution in [-0.4, -0.2) is 19.9 Å². The van der Waals surface area contributed by atoms with Crippen LogP contribution in [0.3, 0.4) is 0 Å². The van der Waals surface area contributed by atoms with Crippen LogP contribution in [0.4, 0.5) is 0 Å². The summed E-state index contributed by atoms with van der Waals surface area (Å²) in [5.41, 5.74) is 2.82. The summed E-state index contributed by atoms with van der Waals surface area (Å²) in [5, 5.41) is 10.1. The first-order valence-corrected chi connectivity index (χ1v) is 8.89. The summed E-state index contributed by atoms with van der Waals surface area (Å²) in [6.07, 6.45) is 1.74. The maximum Gasteiger partial charge on any atom is 0.210 e. The first-order chi connectivity index (χ1) is 14.1. The molecule has 1 aromatic carbocycles. The summed E-state index contributed by atoms with van der Waals surface area (Å²) in [6, 6.07) is 16.4. The summed E-state index contributed by atoms with van der Waals surface area (Å²) < 4.78 is 5.78. The van der Waals surface area contributed by atoms with Gasteiger partial charge in [0.1, 0.15) is 28.9 Å². The van der Waals surface area contributed by atoms with Crippen molar-refractivity contribution in [2.75, 3.05) is 0 Å². The predicted octanol–water partition coefficient (Wildman–Crippen LogP) is 3.97. The van der Waals surface area contributed by atoms with Crippen LogP contribution in [0.15, 0.2) is 63.9 Å². The van der Waals surface area contributed by atoms with Gasteiger partial charge in [-0.05, 0) is 37.3 Å². The van der Waals surface area contributed by atoms with Crippen LogP contribution in [0.5, 0.6) is 0 Å². The Morgan fingerprint density at radius 1 is 1.07 bits per heavy atom. The van der Waals surface area contributed by atoms with Crippen LogP contribution in [0.1, 0.15) is 11.5 Å². The number of benzene rings is 1. The van der Waals surface area contributed by atoms with Crippen molar-refractivity contribution in [3.05, 3.63) is 76.4 Å². The smallest absolute Gasteiger partial charge is 0.210 e. The number of nitriles is 1. The highest BCUT2D eigenvalue weighted by Gasteiger charge is 2.18. The monoisotopic (exact) mass is 379 g/mol. The second kappa shape index (κ2) is 6.39. The third kappa shape index (κ3) is 2.84. The average Bonchev–Trinajstić information content (AvgIpc) is 3.18. The van der Waals surface area contributed by atoms with Crippen molar-refractivity contribution in [1.82, 2.24) is 19.9 Å². The van der Waals surface area contributed by atoms with Gasteiger partial charge in [0.15, 0.2) is 16.9 Å². The molecule has 0 amide bonds. The van der Waals surface area contributed by atoms with Gasteiger partial charge in [-0.15, -0.1) is 0 Å². The molecule has 5 aromatic rings. The number of H-pyrrole nitrogens is 1. The molecule has 0 radical (unpaired) electrons. The van der Waals surface area contributed by atoms with Gasteiger partial charge in [-0.25, -0.2) is 9.97 Å². The van der Waals surface area contributed by atoms with Crippen molar-refractivity contribution >= 4 is 22.1 Å². The van der Waals surface area contributed by atoms with Gasteiger partial charge in [0.25, 0.3) is 0 Å². The Balaban J connectivity index is 1.85. The zero-order chi connectivity index (χ0) is 20.0. The van der Waals surface area contributed by atoms with Crippen molar-refractivity contribution in [3.8, 4) is 28.8 Å². The van der Waals surface area contributed by atoms with Gasteiger partial charge in [-0.1, -0.05) is 12.1 Å². The van der Waals surface area contributed by atoms with Crippen LogP contribution < -0.4 is 5.43 Å². The summed E-state index contributed by atoms with van der Waals surface area (Å²) in [7, 11) is 0. The Labute approximate surface area is 164 Å². The van der Waals surface area contributed by atoms with E-state index < -0.39 is 0 Å². The largest absolute Gasteiger partial charge is 0.460 e. The molecule has 0 spiro atoms. The number of aryl methyl sites for hydroxylation is 1. The van der Waals surface area contributed by atoms with Crippen LogP contribution in [-0.2, 0) is 0 Å². The van der Waals surface area contributed by atoms with Gasteiger partial charge in [0.2, 0.25) is 5.43 Å². The van der Waals surface area contributed by atoms with Crippen molar-refractivity contribution in [1.29, 1.82) is 5.26 Å². The number of hydrogen-bond acceptors (Lipinski definition) is 6. The Kier molecular flexibility index (Phi) is 3.71. The molecule has 0 fully saturated rings. The first-order valence-electron chi connectivity index (χ1n) is 8.89. The summed E-state index contributed by atoms with van der Waals surface area (Å²) in [4.78, 5) is 28.9. The number of aromatic nitrogens is 4. The molecule has 0 saturated carbocycles. The van der Waals surface area contributed by atoms with E-state index in [0.717, 1.165) is 22.2 Å². The fraction of sp³-hybridized carbons (Fsp3) is 0.0455. The molecular weight excluding hydrogens is 366 g/mol. The van der Waals surface area contributed by atoms with Gasteiger partial charge >= 0.3 is 0 Å². The standard InChI is InChI=1S/C22H13N5O2/c1-12-4-7-18(29-12)21-19(14-5-6-16-13(9-14)3-2-8-24-16)26-20-17(28)10-15(11-23)25-22(20)27-21/h2-10H,1H3,(H,25,27,28). The lowest BCUT2D eigenvalue weighted by atomic mass is 10.0. The van der Waals surface area contributed by atoms with E-state index in [4.69, 9.17) is 9.68 Å². The number of rotatable bonds is 2. The molecule has 5 rings (SSSR count). The van der Waals surface area contributed by atoms with Crippen molar-refractivity contribution in [2.24, 2.45) is 0 Å². The van der Waals surface area contributed by atoms with Gasteiger partial charge < -0.3 is 9.40 Å². The zero-order valence-electron chi connectivity index (χ0n) is 15.3. The molecule has 0 unspecified atom stereocenters. The Morgan fingerprint density at radius 3 is 2.76 bits per heavy atom. The third-order valence-electron chi connectivity index (χ3n) is 4.63. The molecular formula is C22H13N5O2. The number of hydrogen-bond donors (Lipinski definition) is 1. The number of furan rings is 1. The Morgan fingerprint density at radius 2 is 1.97 bits per heavy atom. The molecule has 0 atom stereocenters. The Bertz CT molecular complexity index is 1510. The highest BCUT2D eigenvalue weighted by atomic mass is 16.3. The average molecular weight is 379 g/mol. The number of nitrogens with zero attached hydrogens (tertiary/aromatic N) is 4. The highest BCUT2D eigenvalue weighted by molar-refractivity contribution is 5.88. The number of nitrogens with one attached hydrogen (secondary N) is 1. The molecule has 7 heteroatoms. The van der Waals surface area contributed by atoms with Crippen LogP contribution in [0, 0.1) is 18.3 Å². The second-order valence-electron chi connectivity index (χ2n) is 6.60. The van der Waals surface area contributed by atoms with E-state index in [1.807, 2.05) is 55.5 Å². The molecule has 1 N–H and O–H groups in total. The number of pyridine rings is 2. The fourth-order valence-electron chi connectivity index (χ4n) is 3.28. The minimum Gasteiger partial charge on any atom is -0.460 e. The van der Waals surface area contributed by atoms with E-state index in [2.05, 4.69) is 19.9 Å². The molecule has 29 heavy (non-hydrogen) atoms. The lowest BCUT2D eigenvalue weighted by Crippen LogP contribution is -2.09. The molecule has 0 saturated heterocycles. The first kappa shape index (κ1) is 16.8. The maximum absolute atomic E-state index is 12.5. The third-order valence-corrected chi connectivity index (χ3v) is 4.63. The minimum atomic E-state index is -0.367. The highest BCUT2D eigenvalue weighted by Crippen LogP contribution is 2.32. The van der Waals surface area contributed by atoms with E-state index in [-0.39, 0.29) is 22.3 Å². The summed E-state index contributed by atoms with van der Waals surface area (Å²) >= 11 is 0. The lowest BCUT2D eigenvalue weighted by molar-refractivity contribution is 0.546. The van der Waals surface area contributed by atoms with E-state index >= 15 is 0 Å². The topological polar surface area (TPSA) is 108 Å². The number of fused-ring (bicyclic) bond motifs is 2.